The number of nitrogen functional groups attached to an aromatic ring is 1. The van der Waals surface area contributed by atoms with E-state index >= 15 is 0 Å². The van der Waals surface area contributed by atoms with Crippen LogP contribution in [0.5, 0.6) is 0 Å². The van der Waals surface area contributed by atoms with E-state index in [1.165, 1.54) is 7.11 Å². The molecule has 0 bridgehead atoms. The fourth-order valence-electron chi connectivity index (χ4n) is 1.59. The summed E-state index contributed by atoms with van der Waals surface area (Å²) in [6.45, 7) is 0.445. The Morgan fingerprint density at radius 3 is 2.89 bits per heavy atom. The molecule has 0 atom stereocenters. The highest BCUT2D eigenvalue weighted by atomic mass is 35.5. The summed E-state index contributed by atoms with van der Waals surface area (Å²) in [6, 6.07) is 7.42. The number of benzene rings is 1. The number of hydrogen-bond donors (Lipinski definition) is 1. The predicted molar refractivity (Wildman–Crippen MR) is 68.5 cm³/mol. The highest BCUT2D eigenvalue weighted by molar-refractivity contribution is 6.31. The monoisotopic (exact) mass is 265 g/mol. The van der Waals surface area contributed by atoms with E-state index in [0.717, 1.165) is 5.56 Å². The van der Waals surface area contributed by atoms with Crippen LogP contribution in [0.3, 0.4) is 0 Å². The van der Waals surface area contributed by atoms with E-state index < -0.39 is 5.97 Å². The van der Waals surface area contributed by atoms with Gasteiger partial charge in [0.15, 0.2) is 5.82 Å². The van der Waals surface area contributed by atoms with Crippen LogP contribution in [0.25, 0.3) is 0 Å². The molecule has 0 amide bonds. The lowest BCUT2D eigenvalue weighted by molar-refractivity contribution is 0.0602. The number of nitrogens with zero attached hydrogens (tertiary/aromatic N) is 2. The van der Waals surface area contributed by atoms with Gasteiger partial charge in [0.05, 0.1) is 13.7 Å². The van der Waals surface area contributed by atoms with Gasteiger partial charge in [0.25, 0.3) is 0 Å². The Balaban J connectivity index is 2.26. The zero-order valence-corrected chi connectivity index (χ0v) is 10.5. The summed E-state index contributed by atoms with van der Waals surface area (Å²) in [5.41, 5.74) is 6.80. The first-order valence-corrected chi connectivity index (χ1v) is 5.64. The molecule has 0 aliphatic heterocycles. The fourth-order valence-corrected chi connectivity index (χ4v) is 1.78. The molecule has 2 N–H and O–H groups in total. The van der Waals surface area contributed by atoms with Crippen LogP contribution in [0.1, 0.15) is 15.9 Å². The van der Waals surface area contributed by atoms with E-state index in [1.807, 2.05) is 18.2 Å². The van der Waals surface area contributed by atoms with Crippen LogP contribution in [-0.2, 0) is 11.3 Å². The van der Waals surface area contributed by atoms with E-state index in [1.54, 1.807) is 16.9 Å². The predicted octanol–water partition coefficient (Wildman–Crippen LogP) is 1.95. The molecular formula is C12H12ClN3O2. The van der Waals surface area contributed by atoms with Gasteiger partial charge in [-0.1, -0.05) is 29.8 Å². The largest absolute Gasteiger partial charge is 0.465 e. The molecule has 0 aliphatic carbocycles. The number of aromatic nitrogens is 2. The van der Waals surface area contributed by atoms with Gasteiger partial charge >= 0.3 is 5.97 Å². The molecule has 0 saturated carbocycles. The summed E-state index contributed by atoms with van der Waals surface area (Å²) in [5.74, 6) is -0.355. The van der Waals surface area contributed by atoms with Gasteiger partial charge in [-0.3, -0.25) is 4.68 Å². The number of rotatable bonds is 3. The van der Waals surface area contributed by atoms with Crippen molar-refractivity contribution in [2.45, 2.75) is 6.54 Å². The maximum absolute atomic E-state index is 11.4. The molecule has 6 heteroatoms. The quantitative estimate of drug-likeness (QED) is 0.861. The van der Waals surface area contributed by atoms with Gasteiger partial charge in [0.1, 0.15) is 5.56 Å². The van der Waals surface area contributed by atoms with Gasteiger partial charge in [-0.15, -0.1) is 0 Å². The summed E-state index contributed by atoms with van der Waals surface area (Å²) in [6.07, 6.45) is 1.55. The molecule has 0 saturated heterocycles. The third-order valence-corrected chi connectivity index (χ3v) is 2.85. The molecule has 0 aliphatic rings. The summed E-state index contributed by atoms with van der Waals surface area (Å²) in [5, 5.41) is 4.70. The van der Waals surface area contributed by atoms with Crippen molar-refractivity contribution < 1.29 is 9.53 Å². The van der Waals surface area contributed by atoms with Gasteiger partial charge in [-0.25, -0.2) is 4.79 Å². The van der Waals surface area contributed by atoms with E-state index in [4.69, 9.17) is 17.3 Å². The lowest BCUT2D eigenvalue weighted by Gasteiger charge is -2.03. The fraction of sp³-hybridized carbons (Fsp3) is 0.167. The van der Waals surface area contributed by atoms with Crippen molar-refractivity contribution in [3.63, 3.8) is 0 Å². The van der Waals surface area contributed by atoms with E-state index in [-0.39, 0.29) is 11.4 Å². The molecule has 1 aromatic heterocycles. The summed E-state index contributed by atoms with van der Waals surface area (Å²) in [4.78, 5) is 11.4. The van der Waals surface area contributed by atoms with Crippen LogP contribution in [0.4, 0.5) is 5.82 Å². The molecule has 1 aromatic carbocycles. The zero-order chi connectivity index (χ0) is 13.1. The van der Waals surface area contributed by atoms with Crippen molar-refractivity contribution in [1.82, 2.24) is 9.78 Å². The Hall–Kier alpha value is -2.01. The first-order chi connectivity index (χ1) is 8.61. The van der Waals surface area contributed by atoms with Crippen LogP contribution in [0, 0.1) is 0 Å². The minimum absolute atomic E-state index is 0.147. The first kappa shape index (κ1) is 12.4. The van der Waals surface area contributed by atoms with Crippen LogP contribution in [-0.4, -0.2) is 22.9 Å². The summed E-state index contributed by atoms with van der Waals surface area (Å²) >= 11 is 6.05. The van der Waals surface area contributed by atoms with Gasteiger partial charge < -0.3 is 10.5 Å². The number of carbonyl (C=O) groups is 1. The van der Waals surface area contributed by atoms with Gasteiger partial charge in [-0.2, -0.15) is 5.10 Å². The van der Waals surface area contributed by atoms with Crippen molar-refractivity contribution >= 4 is 23.4 Å². The zero-order valence-electron chi connectivity index (χ0n) is 9.76. The molecule has 2 aromatic rings. The Morgan fingerprint density at radius 2 is 2.22 bits per heavy atom. The number of halogens is 1. The van der Waals surface area contributed by atoms with Gasteiger partial charge in [0, 0.05) is 11.2 Å². The number of ether oxygens (including phenoxy) is 1. The standard InChI is InChI=1S/C12H12ClN3O2/c1-18-12(17)9-7-16(15-11(9)14)6-8-4-2-3-5-10(8)13/h2-5,7H,6H2,1H3,(H2,14,15). The Morgan fingerprint density at radius 1 is 1.50 bits per heavy atom. The number of esters is 1. The average molecular weight is 266 g/mol. The van der Waals surface area contributed by atoms with E-state index in [9.17, 15) is 4.79 Å². The summed E-state index contributed by atoms with van der Waals surface area (Å²) in [7, 11) is 1.30. The second-order valence-corrected chi connectivity index (χ2v) is 4.12. The van der Waals surface area contributed by atoms with Crippen molar-refractivity contribution in [2.24, 2.45) is 0 Å². The third kappa shape index (κ3) is 2.46. The second kappa shape index (κ2) is 5.10. The van der Waals surface area contributed by atoms with Crippen molar-refractivity contribution in [3.8, 4) is 0 Å². The molecule has 0 fully saturated rings. The Bertz CT molecular complexity index is 580. The van der Waals surface area contributed by atoms with Crippen molar-refractivity contribution in [3.05, 3.63) is 46.6 Å². The van der Waals surface area contributed by atoms with Crippen LogP contribution >= 0.6 is 11.6 Å². The summed E-state index contributed by atoms with van der Waals surface area (Å²) < 4.78 is 6.16. The normalized spacial score (nSPS) is 10.3. The first-order valence-electron chi connectivity index (χ1n) is 5.26. The van der Waals surface area contributed by atoms with E-state index in [0.29, 0.717) is 11.6 Å². The molecule has 2 rings (SSSR count). The smallest absolute Gasteiger partial charge is 0.343 e. The second-order valence-electron chi connectivity index (χ2n) is 3.71. The Labute approximate surface area is 109 Å². The average Bonchev–Trinajstić information content (AvgIpc) is 2.72. The number of methoxy groups -OCH3 is 1. The van der Waals surface area contributed by atoms with Crippen LogP contribution < -0.4 is 5.73 Å². The molecule has 0 spiro atoms. The number of nitrogens with two attached hydrogens (primary N) is 1. The minimum atomic E-state index is -0.502. The molecular weight excluding hydrogens is 254 g/mol. The number of anilines is 1. The molecule has 5 nitrogen and oxygen atoms in total. The number of carbonyl (C=O) groups excluding carboxylic acids is 1. The molecule has 0 unspecified atom stereocenters. The molecule has 1 heterocycles. The minimum Gasteiger partial charge on any atom is -0.465 e. The van der Waals surface area contributed by atoms with Gasteiger partial charge in [-0.05, 0) is 11.6 Å². The SMILES string of the molecule is COC(=O)c1cn(Cc2ccccc2Cl)nc1N. The van der Waals surface area contributed by atoms with E-state index in [2.05, 4.69) is 9.84 Å². The Kier molecular flexibility index (Phi) is 3.53. The molecule has 94 valence electrons. The van der Waals surface area contributed by atoms with Crippen molar-refractivity contribution in [2.75, 3.05) is 12.8 Å². The highest BCUT2D eigenvalue weighted by Crippen LogP contribution is 2.17. The lowest BCUT2D eigenvalue weighted by Crippen LogP contribution is -2.02. The maximum atomic E-state index is 11.4. The molecule has 0 radical (unpaired) electrons. The maximum Gasteiger partial charge on any atom is 0.343 e. The van der Waals surface area contributed by atoms with Gasteiger partial charge in [0.2, 0.25) is 0 Å². The number of hydrogen-bond acceptors (Lipinski definition) is 4. The van der Waals surface area contributed by atoms with Crippen LogP contribution in [0.15, 0.2) is 30.5 Å². The lowest BCUT2D eigenvalue weighted by atomic mass is 10.2. The van der Waals surface area contributed by atoms with Crippen LogP contribution in [0.2, 0.25) is 5.02 Å². The highest BCUT2D eigenvalue weighted by Gasteiger charge is 2.14. The third-order valence-electron chi connectivity index (χ3n) is 2.49. The topological polar surface area (TPSA) is 70.1 Å². The van der Waals surface area contributed by atoms with Crippen molar-refractivity contribution in [1.29, 1.82) is 0 Å². The molecule has 18 heavy (non-hydrogen) atoms.